The highest BCUT2D eigenvalue weighted by Crippen LogP contribution is 2.33. The fraction of sp³-hybridized carbons (Fsp3) is 0. The van der Waals surface area contributed by atoms with Gasteiger partial charge in [0, 0.05) is 5.69 Å². The van der Waals surface area contributed by atoms with Crippen LogP contribution in [0.15, 0.2) is 40.9 Å². The molecule has 0 spiro atoms. The molecule has 0 heterocycles. The minimum Gasteiger partial charge on any atom is -0.308 e. The van der Waals surface area contributed by atoms with Gasteiger partial charge in [0.25, 0.3) is 5.91 Å². The van der Waals surface area contributed by atoms with Crippen LogP contribution in [0.25, 0.3) is 0 Å². The maximum atomic E-state index is 11.9. The van der Waals surface area contributed by atoms with Gasteiger partial charge in [0.05, 0.1) is 25.1 Å². The molecule has 0 aromatic heterocycles. The van der Waals surface area contributed by atoms with Crippen LogP contribution in [0.3, 0.4) is 0 Å². The highest BCUT2D eigenvalue weighted by Gasteiger charge is 2.14. The highest BCUT2D eigenvalue weighted by molar-refractivity contribution is 9.10. The van der Waals surface area contributed by atoms with Crippen molar-refractivity contribution >= 4 is 68.4 Å². The fourth-order valence-corrected chi connectivity index (χ4v) is 2.54. The van der Waals surface area contributed by atoms with Crippen LogP contribution in [-0.2, 0) is 0 Å². The number of imide groups is 1. The van der Waals surface area contributed by atoms with Crippen LogP contribution < -0.4 is 10.6 Å². The van der Waals surface area contributed by atoms with E-state index in [1.165, 1.54) is 18.2 Å². The maximum absolute atomic E-state index is 11.9. The van der Waals surface area contributed by atoms with Crippen molar-refractivity contribution in [3.05, 3.63) is 61.5 Å². The molecule has 3 amide bonds. The Balaban J connectivity index is 2.08. The molecule has 0 saturated carbocycles. The molecule has 0 aliphatic heterocycles. The summed E-state index contributed by atoms with van der Waals surface area (Å²) in [5.74, 6) is -0.614. The van der Waals surface area contributed by atoms with E-state index < -0.39 is 11.9 Å². The summed E-state index contributed by atoms with van der Waals surface area (Å²) >= 11 is 21.0. The van der Waals surface area contributed by atoms with Crippen molar-refractivity contribution in [3.63, 3.8) is 0 Å². The first-order chi connectivity index (χ1) is 10.4. The molecule has 0 aliphatic rings. The number of benzene rings is 2. The Kier molecular flexibility index (Phi) is 5.69. The average Bonchev–Trinajstić information content (AvgIpc) is 2.44. The van der Waals surface area contributed by atoms with Crippen molar-refractivity contribution in [2.24, 2.45) is 0 Å². The van der Waals surface area contributed by atoms with Gasteiger partial charge in [-0.1, -0.05) is 46.9 Å². The molecule has 0 saturated heterocycles. The lowest BCUT2D eigenvalue weighted by molar-refractivity contribution is 0.0967. The molecule has 2 N–H and O–H groups in total. The Morgan fingerprint density at radius 3 is 2.14 bits per heavy atom. The van der Waals surface area contributed by atoms with E-state index in [4.69, 9.17) is 34.8 Å². The normalized spacial score (nSPS) is 10.2. The Hall–Kier alpha value is -1.27. The molecular formula is C14H8BrCl3N2O2. The number of hydrogen-bond donors (Lipinski definition) is 2. The van der Waals surface area contributed by atoms with E-state index in [1.54, 1.807) is 18.2 Å². The Morgan fingerprint density at radius 2 is 1.55 bits per heavy atom. The first-order valence-electron chi connectivity index (χ1n) is 5.90. The third kappa shape index (κ3) is 4.14. The van der Waals surface area contributed by atoms with Crippen molar-refractivity contribution in [1.29, 1.82) is 0 Å². The summed E-state index contributed by atoms with van der Waals surface area (Å²) in [7, 11) is 0. The first kappa shape index (κ1) is 17.1. The number of urea groups is 1. The SMILES string of the molecule is O=C(NC(=O)c1ccccc1Cl)Nc1cc(Cl)c(Br)c(Cl)c1. The lowest BCUT2D eigenvalue weighted by atomic mass is 10.2. The molecule has 2 aromatic rings. The van der Waals surface area contributed by atoms with E-state index in [9.17, 15) is 9.59 Å². The van der Waals surface area contributed by atoms with Crippen molar-refractivity contribution < 1.29 is 9.59 Å². The second-order valence-corrected chi connectivity index (χ2v) is 6.16. The predicted octanol–water partition coefficient (Wildman–Crippen LogP) is 5.37. The van der Waals surface area contributed by atoms with Crippen molar-refractivity contribution in [3.8, 4) is 0 Å². The van der Waals surface area contributed by atoms with Crippen LogP contribution in [-0.4, -0.2) is 11.9 Å². The van der Waals surface area contributed by atoms with Gasteiger partial charge in [-0.15, -0.1) is 0 Å². The monoisotopic (exact) mass is 420 g/mol. The largest absolute Gasteiger partial charge is 0.326 e. The van der Waals surface area contributed by atoms with E-state index in [0.717, 1.165) is 0 Å². The Labute approximate surface area is 149 Å². The quantitative estimate of drug-likeness (QED) is 0.639. The Bertz CT molecular complexity index is 730. The van der Waals surface area contributed by atoms with Crippen LogP contribution in [0.4, 0.5) is 10.5 Å². The summed E-state index contributed by atoms with van der Waals surface area (Å²) in [6.45, 7) is 0. The second kappa shape index (κ2) is 7.33. The van der Waals surface area contributed by atoms with Gasteiger partial charge in [0.1, 0.15) is 0 Å². The van der Waals surface area contributed by atoms with E-state index >= 15 is 0 Å². The standard InChI is InChI=1S/C14H8BrCl3N2O2/c15-12-10(17)5-7(6-11(12)18)19-14(22)20-13(21)8-3-1-2-4-9(8)16/h1-6H,(H2,19,20,21,22). The van der Waals surface area contributed by atoms with E-state index in [2.05, 4.69) is 26.6 Å². The average molecular weight is 422 g/mol. The van der Waals surface area contributed by atoms with Crippen molar-refractivity contribution in [2.75, 3.05) is 5.32 Å². The zero-order chi connectivity index (χ0) is 16.3. The smallest absolute Gasteiger partial charge is 0.308 e. The van der Waals surface area contributed by atoms with Gasteiger partial charge in [-0.25, -0.2) is 4.79 Å². The molecule has 8 heteroatoms. The van der Waals surface area contributed by atoms with Crippen molar-refractivity contribution in [2.45, 2.75) is 0 Å². The van der Waals surface area contributed by atoms with Gasteiger partial charge in [-0.2, -0.15) is 0 Å². The molecule has 2 aromatic carbocycles. The lowest BCUT2D eigenvalue weighted by Gasteiger charge is -2.09. The van der Waals surface area contributed by atoms with Crippen LogP contribution in [0.2, 0.25) is 15.1 Å². The molecule has 0 unspecified atom stereocenters. The van der Waals surface area contributed by atoms with Gasteiger partial charge in [-0.3, -0.25) is 10.1 Å². The summed E-state index contributed by atoms with van der Waals surface area (Å²) in [5.41, 5.74) is 0.550. The number of rotatable bonds is 2. The number of halogens is 4. The summed E-state index contributed by atoms with van der Waals surface area (Å²) in [5, 5.41) is 5.55. The fourth-order valence-electron chi connectivity index (χ4n) is 1.61. The summed E-state index contributed by atoms with van der Waals surface area (Å²) in [6, 6.07) is 8.67. The lowest BCUT2D eigenvalue weighted by Crippen LogP contribution is -2.34. The number of carbonyl (C=O) groups excluding carboxylic acids is 2. The molecular weight excluding hydrogens is 414 g/mol. The number of anilines is 1. The number of nitrogens with one attached hydrogen (secondary N) is 2. The summed E-state index contributed by atoms with van der Waals surface area (Å²) in [6.07, 6.45) is 0. The van der Waals surface area contributed by atoms with Crippen LogP contribution in [0.5, 0.6) is 0 Å². The topological polar surface area (TPSA) is 58.2 Å². The number of hydrogen-bond acceptors (Lipinski definition) is 2. The number of amides is 3. The van der Waals surface area contributed by atoms with E-state index in [1.807, 2.05) is 0 Å². The molecule has 0 radical (unpaired) electrons. The molecule has 114 valence electrons. The zero-order valence-electron chi connectivity index (χ0n) is 10.8. The Morgan fingerprint density at radius 1 is 0.955 bits per heavy atom. The first-order valence-corrected chi connectivity index (χ1v) is 7.82. The molecule has 0 bridgehead atoms. The van der Waals surface area contributed by atoms with E-state index in [0.29, 0.717) is 20.2 Å². The zero-order valence-corrected chi connectivity index (χ0v) is 14.6. The molecule has 0 fully saturated rings. The molecule has 0 aliphatic carbocycles. The second-order valence-electron chi connectivity index (χ2n) is 4.14. The van der Waals surface area contributed by atoms with Gasteiger partial charge >= 0.3 is 6.03 Å². The molecule has 0 atom stereocenters. The van der Waals surface area contributed by atoms with Gasteiger partial charge < -0.3 is 5.32 Å². The highest BCUT2D eigenvalue weighted by atomic mass is 79.9. The number of carbonyl (C=O) groups is 2. The minimum atomic E-state index is -0.723. The van der Waals surface area contributed by atoms with Gasteiger partial charge in [-0.05, 0) is 40.2 Å². The minimum absolute atomic E-state index is 0.200. The maximum Gasteiger partial charge on any atom is 0.326 e. The summed E-state index contributed by atoms with van der Waals surface area (Å²) in [4.78, 5) is 23.8. The third-order valence-electron chi connectivity index (χ3n) is 2.59. The molecule has 4 nitrogen and oxygen atoms in total. The van der Waals surface area contributed by atoms with E-state index in [-0.39, 0.29) is 10.6 Å². The predicted molar refractivity (Wildman–Crippen MR) is 92.1 cm³/mol. The summed E-state index contributed by atoms with van der Waals surface area (Å²) < 4.78 is 0.522. The van der Waals surface area contributed by atoms with Gasteiger partial charge in [0.15, 0.2) is 0 Å². The molecule has 22 heavy (non-hydrogen) atoms. The van der Waals surface area contributed by atoms with Gasteiger partial charge in [0.2, 0.25) is 0 Å². The third-order valence-corrected chi connectivity index (χ3v) is 4.82. The van der Waals surface area contributed by atoms with Crippen LogP contribution >= 0.6 is 50.7 Å². The van der Waals surface area contributed by atoms with Crippen molar-refractivity contribution in [1.82, 2.24) is 5.32 Å². The molecule has 2 rings (SSSR count). The van der Waals surface area contributed by atoms with Crippen LogP contribution in [0, 0.1) is 0 Å². The van der Waals surface area contributed by atoms with Crippen LogP contribution in [0.1, 0.15) is 10.4 Å².